The number of hydrogen-bond acceptors (Lipinski definition) is 3. The molecule has 0 saturated carbocycles. The Morgan fingerprint density at radius 3 is 2.76 bits per heavy atom. The Hall–Kier alpha value is -1.88. The highest BCUT2D eigenvalue weighted by molar-refractivity contribution is 5.99. The molecule has 1 aromatic carbocycles. The Morgan fingerprint density at radius 2 is 2.18 bits per heavy atom. The second kappa shape index (κ2) is 3.30. The van der Waals surface area contributed by atoms with Gasteiger partial charge in [0, 0.05) is 5.69 Å². The highest BCUT2D eigenvalue weighted by Crippen LogP contribution is 2.35. The second-order valence-corrected chi connectivity index (χ2v) is 4.54. The van der Waals surface area contributed by atoms with Gasteiger partial charge in [0.2, 0.25) is 11.8 Å². The van der Waals surface area contributed by atoms with Crippen molar-refractivity contribution in [3.63, 3.8) is 0 Å². The minimum atomic E-state index is -0.708. The normalized spacial score (nSPS) is 20.4. The molecule has 0 aliphatic carbocycles. The first kappa shape index (κ1) is 10.3. The van der Waals surface area contributed by atoms with Gasteiger partial charge >= 0.3 is 0 Å². The zero-order valence-corrected chi connectivity index (χ0v) is 9.16. The van der Waals surface area contributed by atoms with E-state index in [0.717, 1.165) is 16.8 Å². The van der Waals surface area contributed by atoms with Crippen LogP contribution in [0, 0.1) is 0 Å². The zero-order valence-electron chi connectivity index (χ0n) is 9.16. The van der Waals surface area contributed by atoms with E-state index in [-0.39, 0.29) is 11.8 Å². The van der Waals surface area contributed by atoms with Gasteiger partial charge in [0.05, 0.1) is 19.6 Å². The summed E-state index contributed by atoms with van der Waals surface area (Å²) in [4.78, 5) is 22.8. The van der Waals surface area contributed by atoms with Crippen LogP contribution >= 0.6 is 0 Å². The Labute approximate surface area is 97.9 Å². The Kier molecular flexibility index (Phi) is 2.00. The van der Waals surface area contributed by atoms with Crippen LogP contribution in [0.3, 0.4) is 0 Å². The van der Waals surface area contributed by atoms with E-state index in [2.05, 4.69) is 5.32 Å². The van der Waals surface area contributed by atoms with Gasteiger partial charge in [-0.05, 0) is 17.2 Å². The minimum Gasteiger partial charge on any atom is -0.378 e. The van der Waals surface area contributed by atoms with E-state index >= 15 is 0 Å². The smallest absolute Gasteiger partial charge is 0.232 e. The number of hydrogen-bond donors (Lipinski definition) is 2. The van der Waals surface area contributed by atoms with Crippen LogP contribution < -0.4 is 11.1 Å². The number of nitrogens with two attached hydrogens (primary N) is 1. The van der Waals surface area contributed by atoms with Gasteiger partial charge in [0.15, 0.2) is 0 Å². The molecule has 2 aliphatic heterocycles. The molecule has 0 bridgehead atoms. The average molecular weight is 232 g/mol. The number of carbonyl (C=O) groups excluding carboxylic acids is 2. The molecule has 0 radical (unpaired) electrons. The largest absolute Gasteiger partial charge is 0.378 e. The molecule has 1 fully saturated rings. The van der Waals surface area contributed by atoms with Crippen molar-refractivity contribution < 1.29 is 14.3 Å². The summed E-state index contributed by atoms with van der Waals surface area (Å²) >= 11 is 0. The maximum absolute atomic E-state index is 11.5. The lowest BCUT2D eigenvalue weighted by Gasteiger charge is -2.39. The molecule has 2 heterocycles. The molecular weight excluding hydrogens is 220 g/mol. The summed E-state index contributed by atoms with van der Waals surface area (Å²) in [6.45, 7) is 0.644. The van der Waals surface area contributed by atoms with Gasteiger partial charge in [-0.1, -0.05) is 12.1 Å². The summed E-state index contributed by atoms with van der Waals surface area (Å²) in [5, 5.41) is 2.75. The molecule has 0 aromatic heterocycles. The predicted octanol–water partition coefficient (Wildman–Crippen LogP) is -0.0655. The third-order valence-electron chi connectivity index (χ3n) is 3.45. The SMILES string of the molecule is NC(=O)C1(c2ccc3c(c2)CC(=O)N3)COC1. The van der Waals surface area contributed by atoms with Crippen molar-refractivity contribution >= 4 is 17.5 Å². The van der Waals surface area contributed by atoms with Gasteiger partial charge in [-0.25, -0.2) is 0 Å². The lowest BCUT2D eigenvalue weighted by atomic mass is 9.77. The van der Waals surface area contributed by atoms with Crippen molar-refractivity contribution in [1.82, 2.24) is 0 Å². The maximum Gasteiger partial charge on any atom is 0.232 e. The maximum atomic E-state index is 11.5. The van der Waals surface area contributed by atoms with Crippen LogP contribution in [0.1, 0.15) is 11.1 Å². The highest BCUT2D eigenvalue weighted by atomic mass is 16.5. The Balaban J connectivity index is 2.03. The zero-order chi connectivity index (χ0) is 12.0. The first-order valence-electron chi connectivity index (χ1n) is 5.43. The number of carbonyl (C=O) groups is 2. The van der Waals surface area contributed by atoms with E-state index in [1.165, 1.54) is 0 Å². The quantitative estimate of drug-likeness (QED) is 0.749. The van der Waals surface area contributed by atoms with Crippen molar-refractivity contribution in [2.45, 2.75) is 11.8 Å². The van der Waals surface area contributed by atoms with E-state index in [1.54, 1.807) is 0 Å². The molecule has 2 amide bonds. The third-order valence-corrected chi connectivity index (χ3v) is 3.45. The summed E-state index contributed by atoms with van der Waals surface area (Å²) in [6, 6.07) is 5.52. The van der Waals surface area contributed by atoms with Crippen LogP contribution in [0.2, 0.25) is 0 Å². The molecule has 0 unspecified atom stereocenters. The fourth-order valence-electron chi connectivity index (χ4n) is 2.28. The number of benzene rings is 1. The van der Waals surface area contributed by atoms with Crippen molar-refractivity contribution in [3.8, 4) is 0 Å². The molecule has 3 N–H and O–H groups in total. The summed E-state index contributed by atoms with van der Waals surface area (Å²) in [5.74, 6) is -0.392. The van der Waals surface area contributed by atoms with Gasteiger partial charge in [-0.3, -0.25) is 9.59 Å². The number of amides is 2. The van der Waals surface area contributed by atoms with Gasteiger partial charge in [0.25, 0.3) is 0 Å². The van der Waals surface area contributed by atoms with E-state index in [0.29, 0.717) is 19.6 Å². The monoisotopic (exact) mass is 232 g/mol. The van der Waals surface area contributed by atoms with Gasteiger partial charge in [-0.2, -0.15) is 0 Å². The molecule has 88 valence electrons. The molecule has 1 aromatic rings. The van der Waals surface area contributed by atoms with Crippen molar-refractivity contribution in [1.29, 1.82) is 0 Å². The topological polar surface area (TPSA) is 81.4 Å². The number of nitrogens with one attached hydrogen (secondary N) is 1. The second-order valence-electron chi connectivity index (χ2n) is 4.54. The van der Waals surface area contributed by atoms with Crippen LogP contribution in [-0.2, 0) is 26.2 Å². The number of anilines is 1. The summed E-state index contributed by atoms with van der Waals surface area (Å²) < 4.78 is 5.11. The van der Waals surface area contributed by atoms with Crippen LogP contribution in [-0.4, -0.2) is 25.0 Å². The van der Waals surface area contributed by atoms with Crippen molar-refractivity contribution in [2.75, 3.05) is 18.5 Å². The number of primary amides is 1. The molecule has 0 spiro atoms. The third kappa shape index (κ3) is 1.36. The molecule has 3 rings (SSSR count). The van der Waals surface area contributed by atoms with Crippen LogP contribution in [0.5, 0.6) is 0 Å². The Bertz CT molecular complexity index is 520. The first-order chi connectivity index (χ1) is 8.12. The lowest BCUT2D eigenvalue weighted by molar-refractivity contribution is -0.141. The molecule has 17 heavy (non-hydrogen) atoms. The van der Waals surface area contributed by atoms with Gasteiger partial charge < -0.3 is 15.8 Å². The summed E-state index contributed by atoms with van der Waals surface area (Å²) in [7, 11) is 0. The number of ether oxygens (including phenoxy) is 1. The standard InChI is InChI=1S/C12H12N2O3/c13-11(16)12(5-17-6-12)8-1-2-9-7(3-8)4-10(15)14-9/h1-3H,4-6H2,(H2,13,16)(H,14,15). The summed E-state index contributed by atoms with van der Waals surface area (Å²) in [6.07, 6.45) is 0.360. The van der Waals surface area contributed by atoms with Crippen molar-refractivity contribution in [2.24, 2.45) is 5.73 Å². The molecule has 0 atom stereocenters. The average Bonchev–Trinajstić information content (AvgIpc) is 2.54. The molecule has 5 heteroatoms. The predicted molar refractivity (Wildman–Crippen MR) is 60.5 cm³/mol. The van der Waals surface area contributed by atoms with Gasteiger partial charge in [-0.15, -0.1) is 0 Å². The summed E-state index contributed by atoms with van der Waals surface area (Å²) in [5.41, 5.74) is 7.30. The Morgan fingerprint density at radius 1 is 1.41 bits per heavy atom. The van der Waals surface area contributed by atoms with Crippen LogP contribution in [0.4, 0.5) is 5.69 Å². The molecule has 5 nitrogen and oxygen atoms in total. The number of rotatable bonds is 2. The lowest BCUT2D eigenvalue weighted by Crippen LogP contribution is -2.56. The molecule has 1 saturated heterocycles. The molecular formula is C12H12N2O3. The van der Waals surface area contributed by atoms with Crippen LogP contribution in [0.25, 0.3) is 0 Å². The van der Waals surface area contributed by atoms with E-state index in [1.807, 2.05) is 18.2 Å². The first-order valence-corrected chi connectivity index (χ1v) is 5.43. The fraction of sp³-hybridized carbons (Fsp3) is 0.333. The molecule has 2 aliphatic rings. The fourth-order valence-corrected chi connectivity index (χ4v) is 2.28. The highest BCUT2D eigenvalue weighted by Gasteiger charge is 2.46. The van der Waals surface area contributed by atoms with E-state index in [4.69, 9.17) is 10.5 Å². The minimum absolute atomic E-state index is 0.0184. The number of fused-ring (bicyclic) bond motifs is 1. The van der Waals surface area contributed by atoms with Crippen molar-refractivity contribution in [3.05, 3.63) is 29.3 Å². The van der Waals surface area contributed by atoms with Crippen LogP contribution in [0.15, 0.2) is 18.2 Å². The van der Waals surface area contributed by atoms with E-state index in [9.17, 15) is 9.59 Å². The van der Waals surface area contributed by atoms with Gasteiger partial charge in [0.1, 0.15) is 5.41 Å². The van der Waals surface area contributed by atoms with E-state index < -0.39 is 5.41 Å².